The Balaban J connectivity index is 2.49. The van der Waals surface area contributed by atoms with E-state index in [1.807, 2.05) is 25.8 Å². The van der Waals surface area contributed by atoms with E-state index < -0.39 is 0 Å². The van der Waals surface area contributed by atoms with Crippen LogP contribution in [0.1, 0.15) is 26.7 Å². The van der Waals surface area contributed by atoms with Crippen molar-refractivity contribution < 1.29 is 4.79 Å². The van der Waals surface area contributed by atoms with Crippen molar-refractivity contribution in [2.75, 3.05) is 26.7 Å². The monoisotopic (exact) mass is 244 g/mol. The van der Waals surface area contributed by atoms with Crippen LogP contribution in [0.25, 0.3) is 0 Å². The van der Waals surface area contributed by atoms with Gasteiger partial charge in [-0.05, 0) is 38.3 Å². The number of carbonyl (C=O) groups excluding carboxylic acids is 1. The lowest BCUT2D eigenvalue weighted by Gasteiger charge is -2.34. The summed E-state index contributed by atoms with van der Waals surface area (Å²) in [5, 5.41) is 3.05. The molecule has 1 N–H and O–H groups in total. The van der Waals surface area contributed by atoms with Gasteiger partial charge in [-0.2, -0.15) is 12.6 Å². The highest BCUT2D eigenvalue weighted by atomic mass is 32.1. The minimum Gasteiger partial charge on any atom is -0.341 e. The molecule has 1 fully saturated rings. The number of thiol groups is 1. The molecule has 0 aromatic rings. The van der Waals surface area contributed by atoms with E-state index in [4.69, 9.17) is 0 Å². The van der Waals surface area contributed by atoms with Gasteiger partial charge in [-0.1, -0.05) is 13.8 Å². The number of nitrogens with one attached hydrogen (secondary N) is 1. The van der Waals surface area contributed by atoms with Crippen molar-refractivity contribution in [3.05, 3.63) is 0 Å². The molecule has 16 heavy (non-hydrogen) atoms. The third-order valence-electron chi connectivity index (χ3n) is 3.21. The lowest BCUT2D eigenvalue weighted by atomic mass is 9.97. The Kier molecular flexibility index (Phi) is 5.62. The van der Waals surface area contributed by atoms with Crippen LogP contribution < -0.4 is 5.32 Å². The number of amides is 1. The van der Waals surface area contributed by atoms with Crippen LogP contribution in [0.2, 0.25) is 0 Å². The molecular weight excluding hydrogens is 220 g/mol. The summed E-state index contributed by atoms with van der Waals surface area (Å²) < 4.78 is 0. The zero-order valence-corrected chi connectivity index (χ0v) is 11.5. The first kappa shape index (κ1) is 13.8. The zero-order chi connectivity index (χ0) is 12.1. The van der Waals surface area contributed by atoms with Gasteiger partial charge < -0.3 is 10.2 Å². The molecule has 0 bridgehead atoms. The predicted octanol–water partition coefficient (Wildman–Crippen LogP) is 1.40. The molecule has 0 aliphatic carbocycles. The van der Waals surface area contributed by atoms with E-state index in [0.29, 0.717) is 11.8 Å². The van der Waals surface area contributed by atoms with Crippen molar-refractivity contribution in [3.8, 4) is 0 Å². The van der Waals surface area contributed by atoms with Gasteiger partial charge in [-0.3, -0.25) is 4.79 Å². The van der Waals surface area contributed by atoms with E-state index in [1.54, 1.807) is 0 Å². The largest absolute Gasteiger partial charge is 0.341 e. The van der Waals surface area contributed by atoms with Gasteiger partial charge in [0.25, 0.3) is 0 Å². The van der Waals surface area contributed by atoms with Crippen LogP contribution in [-0.2, 0) is 4.79 Å². The first-order valence-corrected chi connectivity index (χ1v) is 6.69. The number of piperidine rings is 1. The van der Waals surface area contributed by atoms with Gasteiger partial charge in [0.15, 0.2) is 0 Å². The maximum Gasteiger partial charge on any atom is 0.235 e. The molecule has 0 radical (unpaired) electrons. The van der Waals surface area contributed by atoms with Crippen molar-refractivity contribution in [2.45, 2.75) is 31.9 Å². The Hall–Kier alpha value is -0.220. The quantitative estimate of drug-likeness (QED) is 0.733. The first-order chi connectivity index (χ1) is 7.56. The second kappa shape index (κ2) is 6.50. The molecule has 0 aromatic heterocycles. The number of nitrogens with zero attached hydrogens (tertiary/aromatic N) is 1. The average Bonchev–Trinajstić information content (AvgIpc) is 2.28. The van der Waals surface area contributed by atoms with Crippen molar-refractivity contribution >= 4 is 18.5 Å². The smallest absolute Gasteiger partial charge is 0.235 e. The van der Waals surface area contributed by atoms with Crippen LogP contribution in [0, 0.1) is 11.8 Å². The predicted molar refractivity (Wildman–Crippen MR) is 70.8 cm³/mol. The Bertz CT molecular complexity index is 231. The standard InChI is InChI=1S/C12H24N2OS/c1-9(2)11(16)12(15)14-6-4-5-10(8-14)7-13-3/h9-11,13,16H,4-8H2,1-3H3. The molecule has 2 unspecified atom stereocenters. The highest BCUT2D eigenvalue weighted by Crippen LogP contribution is 2.20. The van der Waals surface area contributed by atoms with Crippen LogP contribution >= 0.6 is 12.6 Å². The molecule has 3 nitrogen and oxygen atoms in total. The van der Waals surface area contributed by atoms with E-state index in [0.717, 1.165) is 26.1 Å². The highest BCUT2D eigenvalue weighted by Gasteiger charge is 2.28. The molecule has 0 aromatic carbocycles. The molecular formula is C12H24N2OS. The van der Waals surface area contributed by atoms with Crippen LogP contribution in [0.5, 0.6) is 0 Å². The summed E-state index contributed by atoms with van der Waals surface area (Å²) in [5.41, 5.74) is 0. The number of hydrogen-bond acceptors (Lipinski definition) is 3. The fourth-order valence-electron chi connectivity index (χ4n) is 2.19. The average molecular weight is 244 g/mol. The zero-order valence-electron chi connectivity index (χ0n) is 10.6. The van der Waals surface area contributed by atoms with Gasteiger partial charge in [-0.15, -0.1) is 0 Å². The molecule has 4 heteroatoms. The van der Waals surface area contributed by atoms with Gasteiger partial charge >= 0.3 is 0 Å². The molecule has 0 spiro atoms. The summed E-state index contributed by atoms with van der Waals surface area (Å²) in [6, 6.07) is 0. The van der Waals surface area contributed by atoms with E-state index in [2.05, 4.69) is 17.9 Å². The van der Waals surface area contributed by atoms with E-state index in [-0.39, 0.29) is 11.2 Å². The van der Waals surface area contributed by atoms with Crippen molar-refractivity contribution in [2.24, 2.45) is 11.8 Å². The second-order valence-corrected chi connectivity index (χ2v) is 5.60. The molecule has 1 aliphatic rings. The Morgan fingerprint density at radius 2 is 2.25 bits per heavy atom. The number of carbonyl (C=O) groups is 1. The summed E-state index contributed by atoms with van der Waals surface area (Å²) in [5.74, 6) is 1.12. The maximum atomic E-state index is 12.1. The Morgan fingerprint density at radius 3 is 2.81 bits per heavy atom. The lowest BCUT2D eigenvalue weighted by Crippen LogP contribution is -2.46. The van der Waals surface area contributed by atoms with Crippen LogP contribution in [0.3, 0.4) is 0 Å². The fourth-order valence-corrected chi connectivity index (χ4v) is 2.36. The normalized spacial score (nSPS) is 23.6. The maximum absolute atomic E-state index is 12.1. The van der Waals surface area contributed by atoms with Gasteiger partial charge in [-0.25, -0.2) is 0 Å². The number of rotatable bonds is 4. The molecule has 1 rings (SSSR count). The van der Waals surface area contributed by atoms with Gasteiger partial charge in [0, 0.05) is 13.1 Å². The molecule has 1 aliphatic heterocycles. The topological polar surface area (TPSA) is 32.3 Å². The van der Waals surface area contributed by atoms with Crippen molar-refractivity contribution in [3.63, 3.8) is 0 Å². The van der Waals surface area contributed by atoms with Crippen LogP contribution in [-0.4, -0.2) is 42.7 Å². The summed E-state index contributed by atoms with van der Waals surface area (Å²) in [6.07, 6.45) is 2.35. The van der Waals surface area contributed by atoms with Crippen molar-refractivity contribution in [1.29, 1.82) is 0 Å². The highest BCUT2D eigenvalue weighted by molar-refractivity contribution is 7.81. The van der Waals surface area contributed by atoms with Gasteiger partial charge in [0.05, 0.1) is 5.25 Å². The molecule has 1 heterocycles. The van der Waals surface area contributed by atoms with Gasteiger partial charge in [0.2, 0.25) is 5.91 Å². The summed E-state index contributed by atoms with van der Waals surface area (Å²) in [6.45, 7) is 6.89. The minimum atomic E-state index is -0.145. The molecule has 94 valence electrons. The molecule has 1 saturated heterocycles. The molecule has 2 atom stereocenters. The van der Waals surface area contributed by atoms with Gasteiger partial charge in [0.1, 0.15) is 0 Å². The summed E-state index contributed by atoms with van der Waals surface area (Å²) >= 11 is 4.40. The van der Waals surface area contributed by atoms with Crippen LogP contribution in [0.15, 0.2) is 0 Å². The number of likely N-dealkylation sites (tertiary alicyclic amines) is 1. The summed E-state index contributed by atoms with van der Waals surface area (Å²) in [7, 11) is 1.97. The van der Waals surface area contributed by atoms with Crippen LogP contribution in [0.4, 0.5) is 0 Å². The minimum absolute atomic E-state index is 0.145. The fraction of sp³-hybridized carbons (Fsp3) is 0.917. The molecule has 0 saturated carbocycles. The Labute approximate surface area is 104 Å². The summed E-state index contributed by atoms with van der Waals surface area (Å²) in [4.78, 5) is 14.1. The third-order valence-corrected chi connectivity index (χ3v) is 4.03. The first-order valence-electron chi connectivity index (χ1n) is 6.17. The van der Waals surface area contributed by atoms with E-state index in [1.165, 1.54) is 6.42 Å². The lowest BCUT2D eigenvalue weighted by molar-refractivity contribution is -0.133. The van der Waals surface area contributed by atoms with E-state index in [9.17, 15) is 4.79 Å². The SMILES string of the molecule is CNCC1CCCN(C(=O)C(S)C(C)C)C1. The van der Waals surface area contributed by atoms with Crippen molar-refractivity contribution in [1.82, 2.24) is 10.2 Å². The third kappa shape index (κ3) is 3.67. The second-order valence-electron chi connectivity index (χ2n) is 5.04. The number of hydrogen-bond donors (Lipinski definition) is 2. The van der Waals surface area contributed by atoms with E-state index >= 15 is 0 Å². The Morgan fingerprint density at radius 1 is 1.56 bits per heavy atom. The molecule has 1 amide bonds.